The summed E-state index contributed by atoms with van der Waals surface area (Å²) in [4.78, 5) is 25.1. The molecule has 0 saturated heterocycles. The first kappa shape index (κ1) is 17.1. The van der Waals surface area contributed by atoms with Gasteiger partial charge < -0.3 is 10.0 Å². The fourth-order valence-corrected chi connectivity index (χ4v) is 2.23. The van der Waals surface area contributed by atoms with Gasteiger partial charge >= 0.3 is 5.97 Å². The maximum absolute atomic E-state index is 13.0. The minimum Gasteiger partial charge on any atom is -0.481 e. The van der Waals surface area contributed by atoms with Crippen molar-refractivity contribution in [2.75, 3.05) is 6.54 Å². The van der Waals surface area contributed by atoms with Gasteiger partial charge in [-0.05, 0) is 31.5 Å². The van der Waals surface area contributed by atoms with Crippen LogP contribution in [-0.4, -0.2) is 28.4 Å². The van der Waals surface area contributed by atoms with Crippen LogP contribution in [0.3, 0.4) is 0 Å². The molecule has 0 spiro atoms. The zero-order valence-corrected chi connectivity index (χ0v) is 12.8. The van der Waals surface area contributed by atoms with Crippen LogP contribution in [0.4, 0.5) is 4.39 Å². The number of halogens is 1. The zero-order valence-electron chi connectivity index (χ0n) is 12.8. The first-order valence-corrected chi connectivity index (χ1v) is 7.08. The second-order valence-electron chi connectivity index (χ2n) is 5.27. The first-order chi connectivity index (χ1) is 9.79. The van der Waals surface area contributed by atoms with Crippen LogP contribution in [0.1, 0.15) is 39.3 Å². The molecule has 1 N–H and O–H groups in total. The van der Waals surface area contributed by atoms with Crippen LogP contribution < -0.4 is 0 Å². The summed E-state index contributed by atoms with van der Waals surface area (Å²) in [5.74, 6) is -2.86. The minimum atomic E-state index is -0.985. The molecule has 0 aliphatic heterocycles. The molecule has 0 bridgehead atoms. The summed E-state index contributed by atoms with van der Waals surface area (Å²) < 4.78 is 13.0. The Morgan fingerprint density at radius 1 is 1.14 bits per heavy atom. The van der Waals surface area contributed by atoms with Crippen LogP contribution in [0.5, 0.6) is 0 Å². The molecule has 0 aliphatic rings. The SMILES string of the molecule is CCN(C(=O)C(C)C(C)C(=O)O)C(C)c1ccc(F)cc1. The molecule has 0 radical (unpaired) electrons. The van der Waals surface area contributed by atoms with Crippen molar-refractivity contribution in [3.05, 3.63) is 35.6 Å². The van der Waals surface area contributed by atoms with E-state index in [9.17, 15) is 14.0 Å². The Morgan fingerprint density at radius 3 is 2.10 bits per heavy atom. The van der Waals surface area contributed by atoms with E-state index in [2.05, 4.69) is 0 Å². The highest BCUT2D eigenvalue weighted by Gasteiger charge is 2.31. The highest BCUT2D eigenvalue weighted by atomic mass is 19.1. The quantitative estimate of drug-likeness (QED) is 0.877. The molecule has 0 saturated carbocycles. The van der Waals surface area contributed by atoms with E-state index in [1.807, 2.05) is 13.8 Å². The molecule has 4 nitrogen and oxygen atoms in total. The van der Waals surface area contributed by atoms with Crippen molar-refractivity contribution in [2.45, 2.75) is 33.7 Å². The lowest BCUT2D eigenvalue weighted by atomic mass is 9.93. The summed E-state index contributed by atoms with van der Waals surface area (Å²) >= 11 is 0. The minimum absolute atomic E-state index is 0.204. The predicted molar refractivity (Wildman–Crippen MR) is 78.2 cm³/mol. The summed E-state index contributed by atoms with van der Waals surface area (Å²) in [5, 5.41) is 9.03. The highest BCUT2D eigenvalue weighted by molar-refractivity contribution is 5.84. The average Bonchev–Trinajstić information content (AvgIpc) is 2.46. The van der Waals surface area contributed by atoms with Crippen LogP contribution in [0.2, 0.25) is 0 Å². The average molecular weight is 295 g/mol. The Morgan fingerprint density at radius 2 is 1.67 bits per heavy atom. The number of benzene rings is 1. The Bertz CT molecular complexity index is 501. The van der Waals surface area contributed by atoms with Crippen LogP contribution in [0.25, 0.3) is 0 Å². The van der Waals surface area contributed by atoms with Crippen molar-refractivity contribution in [2.24, 2.45) is 11.8 Å². The van der Waals surface area contributed by atoms with Gasteiger partial charge in [0.15, 0.2) is 0 Å². The van der Waals surface area contributed by atoms with E-state index in [4.69, 9.17) is 5.11 Å². The van der Waals surface area contributed by atoms with E-state index < -0.39 is 17.8 Å². The Kier molecular flexibility index (Phi) is 5.88. The highest BCUT2D eigenvalue weighted by Crippen LogP contribution is 2.24. The number of carbonyl (C=O) groups is 2. The van der Waals surface area contributed by atoms with Crippen molar-refractivity contribution in [1.82, 2.24) is 4.90 Å². The van der Waals surface area contributed by atoms with Crippen molar-refractivity contribution in [3.8, 4) is 0 Å². The van der Waals surface area contributed by atoms with E-state index >= 15 is 0 Å². The van der Waals surface area contributed by atoms with Gasteiger partial charge in [-0.3, -0.25) is 9.59 Å². The molecule has 116 valence electrons. The topological polar surface area (TPSA) is 57.6 Å². The van der Waals surface area contributed by atoms with Gasteiger partial charge in [0.05, 0.1) is 12.0 Å². The van der Waals surface area contributed by atoms with Gasteiger partial charge in [0.2, 0.25) is 5.91 Å². The van der Waals surface area contributed by atoms with Gasteiger partial charge in [-0.2, -0.15) is 0 Å². The third kappa shape index (κ3) is 4.03. The molecule has 0 aliphatic carbocycles. The summed E-state index contributed by atoms with van der Waals surface area (Å²) in [7, 11) is 0. The van der Waals surface area contributed by atoms with Gasteiger partial charge in [0.25, 0.3) is 0 Å². The van der Waals surface area contributed by atoms with Crippen molar-refractivity contribution >= 4 is 11.9 Å². The standard InChI is InChI=1S/C16H22FNO3/c1-5-18(15(19)10(2)11(3)16(20)21)12(4)13-6-8-14(17)9-7-13/h6-12H,5H2,1-4H3,(H,20,21). The number of hydrogen-bond acceptors (Lipinski definition) is 2. The number of hydrogen-bond donors (Lipinski definition) is 1. The van der Waals surface area contributed by atoms with Gasteiger partial charge in [0.1, 0.15) is 5.82 Å². The van der Waals surface area contributed by atoms with E-state index in [0.29, 0.717) is 6.54 Å². The predicted octanol–water partition coefficient (Wildman–Crippen LogP) is 3.09. The normalized spacial score (nSPS) is 15.1. The number of carbonyl (C=O) groups excluding carboxylic acids is 1. The molecular weight excluding hydrogens is 273 g/mol. The van der Waals surface area contributed by atoms with E-state index in [1.54, 1.807) is 24.0 Å². The first-order valence-electron chi connectivity index (χ1n) is 7.08. The Hall–Kier alpha value is -1.91. The van der Waals surface area contributed by atoms with Crippen molar-refractivity contribution in [3.63, 3.8) is 0 Å². The fraction of sp³-hybridized carbons (Fsp3) is 0.500. The molecule has 0 heterocycles. The molecule has 21 heavy (non-hydrogen) atoms. The molecule has 3 unspecified atom stereocenters. The summed E-state index contributed by atoms with van der Waals surface area (Å²) in [5.41, 5.74) is 0.821. The molecule has 0 aromatic heterocycles. The number of carboxylic acids is 1. The number of nitrogens with zero attached hydrogens (tertiary/aromatic N) is 1. The third-order valence-corrected chi connectivity index (χ3v) is 3.97. The van der Waals surface area contributed by atoms with Crippen LogP contribution >= 0.6 is 0 Å². The largest absolute Gasteiger partial charge is 0.481 e. The van der Waals surface area contributed by atoms with E-state index in [1.165, 1.54) is 19.1 Å². The molecule has 0 fully saturated rings. The van der Waals surface area contributed by atoms with Crippen LogP contribution in [-0.2, 0) is 9.59 Å². The molecular formula is C16H22FNO3. The number of rotatable bonds is 6. The van der Waals surface area contributed by atoms with Crippen molar-refractivity contribution < 1.29 is 19.1 Å². The van der Waals surface area contributed by atoms with Gasteiger partial charge in [0, 0.05) is 12.5 Å². The zero-order chi connectivity index (χ0) is 16.2. The summed E-state index contributed by atoms with van der Waals surface area (Å²) in [6, 6.07) is 5.76. The second-order valence-corrected chi connectivity index (χ2v) is 5.27. The third-order valence-electron chi connectivity index (χ3n) is 3.97. The number of carboxylic acid groups (broad SMARTS) is 1. The second kappa shape index (κ2) is 7.20. The van der Waals surface area contributed by atoms with Crippen molar-refractivity contribution in [1.29, 1.82) is 0 Å². The summed E-state index contributed by atoms with van der Waals surface area (Å²) in [6.07, 6.45) is 0. The monoisotopic (exact) mass is 295 g/mol. The van der Waals surface area contributed by atoms with E-state index in [0.717, 1.165) is 5.56 Å². The molecule has 1 rings (SSSR count). The number of amides is 1. The van der Waals surface area contributed by atoms with E-state index in [-0.39, 0.29) is 17.8 Å². The van der Waals surface area contributed by atoms with Gasteiger partial charge in [-0.15, -0.1) is 0 Å². The molecule has 1 amide bonds. The lowest BCUT2D eigenvalue weighted by Gasteiger charge is -2.32. The van der Waals surface area contributed by atoms with Gasteiger partial charge in [-0.1, -0.05) is 26.0 Å². The summed E-state index contributed by atoms with van der Waals surface area (Å²) in [6.45, 7) is 7.32. The van der Waals surface area contributed by atoms with Crippen LogP contribution in [0.15, 0.2) is 24.3 Å². The Labute approximate surface area is 124 Å². The maximum atomic E-state index is 13.0. The lowest BCUT2D eigenvalue weighted by molar-refractivity contribution is -0.150. The molecule has 5 heteroatoms. The molecule has 1 aromatic rings. The smallest absolute Gasteiger partial charge is 0.307 e. The Balaban J connectivity index is 2.93. The number of aliphatic carboxylic acids is 1. The maximum Gasteiger partial charge on any atom is 0.307 e. The van der Waals surface area contributed by atoms with Crippen LogP contribution in [0, 0.1) is 17.7 Å². The lowest BCUT2D eigenvalue weighted by Crippen LogP contribution is -2.40. The molecule has 3 atom stereocenters. The van der Waals surface area contributed by atoms with Gasteiger partial charge in [-0.25, -0.2) is 4.39 Å². The molecule has 1 aromatic carbocycles. The fourth-order valence-electron chi connectivity index (χ4n) is 2.23.